The fraction of sp³-hybridized carbons (Fsp3) is 0.286. The van der Waals surface area contributed by atoms with E-state index in [-0.39, 0.29) is 17.0 Å². The zero-order chi connectivity index (χ0) is 25.9. The fourth-order valence-electron chi connectivity index (χ4n) is 4.09. The number of piperazine rings is 1. The molecule has 3 aromatic rings. The molecule has 0 unspecified atom stereocenters. The normalized spacial score (nSPS) is 13.9. The van der Waals surface area contributed by atoms with Crippen LogP contribution in [-0.2, 0) is 5.41 Å². The van der Waals surface area contributed by atoms with Gasteiger partial charge < -0.3 is 20.4 Å². The lowest BCUT2D eigenvalue weighted by atomic mass is 9.86. The van der Waals surface area contributed by atoms with Crippen LogP contribution in [0.2, 0.25) is 0 Å². The molecule has 0 bridgehead atoms. The van der Waals surface area contributed by atoms with Crippen molar-refractivity contribution in [1.29, 1.82) is 0 Å². The van der Waals surface area contributed by atoms with Gasteiger partial charge in [-0.05, 0) is 59.5 Å². The predicted octanol–water partition coefficient (Wildman–Crippen LogP) is 5.87. The minimum Gasteiger partial charge on any atom is -0.368 e. The molecule has 8 heteroatoms. The van der Waals surface area contributed by atoms with Crippen molar-refractivity contribution in [1.82, 2.24) is 4.90 Å². The van der Waals surface area contributed by atoms with Crippen LogP contribution in [0.15, 0.2) is 66.7 Å². The van der Waals surface area contributed by atoms with E-state index >= 15 is 0 Å². The summed E-state index contributed by atoms with van der Waals surface area (Å²) in [6.07, 6.45) is 0. The van der Waals surface area contributed by atoms with Gasteiger partial charge in [-0.2, -0.15) is 0 Å². The molecule has 0 aliphatic carbocycles. The van der Waals surface area contributed by atoms with Gasteiger partial charge in [-0.3, -0.25) is 4.79 Å². The van der Waals surface area contributed by atoms with Crippen LogP contribution in [0.4, 0.5) is 30.6 Å². The minimum absolute atomic E-state index is 0.0432. The van der Waals surface area contributed by atoms with E-state index in [9.17, 15) is 18.4 Å². The number of benzene rings is 3. The third kappa shape index (κ3) is 6.00. The predicted molar refractivity (Wildman–Crippen MR) is 139 cm³/mol. The van der Waals surface area contributed by atoms with Crippen molar-refractivity contribution in [2.75, 3.05) is 41.7 Å². The molecule has 0 spiro atoms. The van der Waals surface area contributed by atoms with E-state index in [1.807, 2.05) is 41.3 Å². The number of hydrogen-bond donors (Lipinski definition) is 2. The molecule has 1 aliphatic rings. The Morgan fingerprint density at radius 1 is 0.750 bits per heavy atom. The Hall–Kier alpha value is -3.94. The summed E-state index contributed by atoms with van der Waals surface area (Å²) < 4.78 is 26.3. The number of nitrogens with one attached hydrogen (secondary N) is 2. The number of rotatable bonds is 4. The lowest BCUT2D eigenvalue weighted by Crippen LogP contribution is -2.48. The van der Waals surface area contributed by atoms with Crippen LogP contribution < -0.4 is 15.5 Å². The molecule has 0 atom stereocenters. The summed E-state index contributed by atoms with van der Waals surface area (Å²) in [6.45, 7) is 9.10. The molecule has 1 fully saturated rings. The summed E-state index contributed by atoms with van der Waals surface area (Å²) in [6, 6.07) is 17.8. The summed E-state index contributed by atoms with van der Waals surface area (Å²) >= 11 is 0. The smallest absolute Gasteiger partial charge is 0.323 e. The average molecular weight is 493 g/mol. The number of hydrogen-bond acceptors (Lipinski definition) is 3. The van der Waals surface area contributed by atoms with E-state index in [4.69, 9.17) is 0 Å². The quantitative estimate of drug-likeness (QED) is 0.479. The molecule has 4 rings (SSSR count). The van der Waals surface area contributed by atoms with Crippen molar-refractivity contribution in [2.45, 2.75) is 26.2 Å². The number of carbonyl (C=O) groups excluding carboxylic acids is 2. The number of carbonyl (C=O) groups is 2. The van der Waals surface area contributed by atoms with E-state index < -0.39 is 17.7 Å². The number of anilines is 3. The number of halogens is 2. The third-order valence-electron chi connectivity index (χ3n) is 6.23. The zero-order valence-electron chi connectivity index (χ0n) is 20.6. The molecule has 6 nitrogen and oxygen atoms in total. The Balaban J connectivity index is 1.29. The zero-order valence-corrected chi connectivity index (χ0v) is 20.6. The molecule has 3 aromatic carbocycles. The molecule has 0 aromatic heterocycles. The van der Waals surface area contributed by atoms with Crippen LogP contribution in [-0.4, -0.2) is 43.0 Å². The summed E-state index contributed by atoms with van der Waals surface area (Å²) in [5.41, 5.74) is 3.65. The van der Waals surface area contributed by atoms with Gasteiger partial charge in [0.25, 0.3) is 5.91 Å². The number of amides is 3. The van der Waals surface area contributed by atoms with Gasteiger partial charge in [0.15, 0.2) is 11.6 Å². The second kappa shape index (κ2) is 10.4. The highest BCUT2D eigenvalue weighted by atomic mass is 19.2. The van der Waals surface area contributed by atoms with Crippen molar-refractivity contribution >= 4 is 29.0 Å². The van der Waals surface area contributed by atoms with Gasteiger partial charge in [0.2, 0.25) is 0 Å². The molecule has 1 aliphatic heterocycles. The van der Waals surface area contributed by atoms with Crippen LogP contribution >= 0.6 is 0 Å². The SMILES string of the molecule is CC(C)(C)c1ccc(C(=O)N2CCN(c3ccc(NC(=O)Nc4ccc(F)c(F)c4)cc3)CC2)cc1. The van der Waals surface area contributed by atoms with Crippen LogP contribution in [0.1, 0.15) is 36.7 Å². The maximum absolute atomic E-state index is 13.3. The lowest BCUT2D eigenvalue weighted by molar-refractivity contribution is 0.0746. The third-order valence-corrected chi connectivity index (χ3v) is 6.23. The lowest BCUT2D eigenvalue weighted by Gasteiger charge is -2.36. The Labute approximate surface area is 209 Å². The van der Waals surface area contributed by atoms with Gasteiger partial charge >= 0.3 is 6.03 Å². The molecule has 1 saturated heterocycles. The maximum Gasteiger partial charge on any atom is 0.323 e. The van der Waals surface area contributed by atoms with E-state index in [0.29, 0.717) is 37.4 Å². The Morgan fingerprint density at radius 2 is 1.33 bits per heavy atom. The Kier molecular flexibility index (Phi) is 7.24. The molecule has 2 N–H and O–H groups in total. The highest BCUT2D eigenvalue weighted by Gasteiger charge is 2.23. The van der Waals surface area contributed by atoms with Gasteiger partial charge in [-0.15, -0.1) is 0 Å². The molecule has 36 heavy (non-hydrogen) atoms. The topological polar surface area (TPSA) is 64.7 Å². The molecule has 0 radical (unpaired) electrons. The standard InChI is InChI=1S/C28H30F2N4O2/c1-28(2,3)20-6-4-19(5-7-20)26(35)34-16-14-33(15-17-34)23-11-8-21(9-12-23)31-27(36)32-22-10-13-24(29)25(30)18-22/h4-13,18H,14-17H2,1-3H3,(H2,31,32,36). The second-order valence-electron chi connectivity index (χ2n) is 9.86. The molecule has 1 heterocycles. The maximum atomic E-state index is 13.3. The van der Waals surface area contributed by atoms with Crippen molar-refractivity contribution in [3.05, 3.63) is 89.5 Å². The Morgan fingerprint density at radius 3 is 1.92 bits per heavy atom. The van der Waals surface area contributed by atoms with Crippen LogP contribution in [0.5, 0.6) is 0 Å². The average Bonchev–Trinajstić information content (AvgIpc) is 2.86. The van der Waals surface area contributed by atoms with E-state index in [1.165, 1.54) is 11.6 Å². The van der Waals surface area contributed by atoms with Crippen molar-refractivity contribution in [3.63, 3.8) is 0 Å². The monoisotopic (exact) mass is 492 g/mol. The first kappa shape index (κ1) is 25.2. The van der Waals surface area contributed by atoms with E-state index in [2.05, 4.69) is 36.3 Å². The number of urea groups is 1. The first-order valence-electron chi connectivity index (χ1n) is 11.9. The second-order valence-corrected chi connectivity index (χ2v) is 9.86. The highest BCUT2D eigenvalue weighted by molar-refractivity contribution is 5.99. The van der Waals surface area contributed by atoms with Gasteiger partial charge in [0.1, 0.15) is 0 Å². The van der Waals surface area contributed by atoms with E-state index in [0.717, 1.165) is 17.8 Å². The molecular weight excluding hydrogens is 462 g/mol. The van der Waals surface area contributed by atoms with Gasteiger partial charge in [-0.25, -0.2) is 13.6 Å². The molecular formula is C28H30F2N4O2. The van der Waals surface area contributed by atoms with Gasteiger partial charge in [0, 0.05) is 54.9 Å². The van der Waals surface area contributed by atoms with Gasteiger partial charge in [0.05, 0.1) is 0 Å². The van der Waals surface area contributed by atoms with Crippen LogP contribution in [0.25, 0.3) is 0 Å². The largest absolute Gasteiger partial charge is 0.368 e. The Bertz CT molecular complexity index is 1230. The number of nitrogens with zero attached hydrogens (tertiary/aromatic N) is 2. The summed E-state index contributed by atoms with van der Waals surface area (Å²) in [5.74, 6) is -1.96. The van der Waals surface area contributed by atoms with Crippen molar-refractivity contribution < 1.29 is 18.4 Å². The van der Waals surface area contributed by atoms with Crippen LogP contribution in [0, 0.1) is 11.6 Å². The summed E-state index contributed by atoms with van der Waals surface area (Å²) in [5, 5.41) is 5.14. The van der Waals surface area contributed by atoms with Crippen molar-refractivity contribution in [3.8, 4) is 0 Å². The molecule has 3 amide bonds. The van der Waals surface area contributed by atoms with Crippen molar-refractivity contribution in [2.24, 2.45) is 0 Å². The summed E-state index contributed by atoms with van der Waals surface area (Å²) in [4.78, 5) is 29.2. The fourth-order valence-corrected chi connectivity index (χ4v) is 4.09. The summed E-state index contributed by atoms with van der Waals surface area (Å²) in [7, 11) is 0. The molecule has 188 valence electrons. The first-order valence-corrected chi connectivity index (χ1v) is 11.9. The van der Waals surface area contributed by atoms with Gasteiger partial charge in [-0.1, -0.05) is 32.9 Å². The first-order chi connectivity index (χ1) is 17.1. The highest BCUT2D eigenvalue weighted by Crippen LogP contribution is 2.24. The molecule has 0 saturated carbocycles. The van der Waals surface area contributed by atoms with E-state index in [1.54, 1.807) is 12.1 Å². The minimum atomic E-state index is -1.03. The van der Waals surface area contributed by atoms with Crippen LogP contribution in [0.3, 0.4) is 0 Å².